The van der Waals surface area contributed by atoms with E-state index in [1.807, 2.05) is 18.0 Å². The number of thioether (sulfide) groups is 1. The van der Waals surface area contributed by atoms with Gasteiger partial charge in [-0.3, -0.25) is 9.56 Å². The molecule has 5 heteroatoms. The van der Waals surface area contributed by atoms with Gasteiger partial charge in [-0.25, -0.2) is 4.98 Å². The number of aliphatic imine (C=N–C) groups is 1. The highest BCUT2D eigenvalue weighted by Gasteiger charge is 2.37. The van der Waals surface area contributed by atoms with Crippen LogP contribution in [0.15, 0.2) is 126 Å². The van der Waals surface area contributed by atoms with Crippen LogP contribution in [0.2, 0.25) is 0 Å². The van der Waals surface area contributed by atoms with Crippen molar-refractivity contribution in [1.29, 1.82) is 0 Å². The lowest BCUT2D eigenvalue weighted by atomic mass is 9.73. The van der Waals surface area contributed by atoms with Gasteiger partial charge in [0.05, 0.1) is 22.1 Å². The molecule has 0 saturated carbocycles. The molecule has 2 aromatic heterocycles. The van der Waals surface area contributed by atoms with Gasteiger partial charge in [-0.05, 0) is 87.5 Å². The number of aromatic nitrogens is 2. The Kier molecular flexibility index (Phi) is 8.63. The number of aryl methyl sites for hydroxylation is 1. The molecule has 282 valence electrons. The summed E-state index contributed by atoms with van der Waals surface area (Å²) in [6.45, 7) is 20.6. The van der Waals surface area contributed by atoms with Gasteiger partial charge in [0.15, 0.2) is 0 Å². The van der Waals surface area contributed by atoms with Crippen molar-refractivity contribution in [2.45, 2.75) is 90.5 Å². The standard InChI is InChI=1S/C51H51N3OS/c1-31-23-38-39-27-36(50(5,6)7)28-41-46(39)54(47-40(51(41,8)9)21-16-22-52-47)43(38)29-44(31)55-37-25-34(24-35(26-37)49(2,3)4)48-53-42(30-56-48)45(32-17-12-10-13-18-32)33-19-14-11-15-20-33/h10-29,42,45H,30H2,1-9H3/t42-/m0/s1. The van der Waals surface area contributed by atoms with Gasteiger partial charge >= 0.3 is 0 Å². The third-order valence-corrected chi connectivity index (χ3v) is 13.1. The average Bonchev–Trinajstić information content (AvgIpc) is 3.77. The van der Waals surface area contributed by atoms with Gasteiger partial charge in [0.2, 0.25) is 0 Å². The van der Waals surface area contributed by atoms with Crippen LogP contribution in [-0.2, 0) is 16.2 Å². The molecule has 7 aromatic rings. The lowest BCUT2D eigenvalue weighted by molar-refractivity contribution is 0.475. The van der Waals surface area contributed by atoms with Crippen LogP contribution in [0.1, 0.15) is 106 Å². The molecule has 2 aliphatic heterocycles. The molecular weight excluding hydrogens is 703 g/mol. The smallest absolute Gasteiger partial charge is 0.141 e. The molecule has 0 aliphatic carbocycles. The van der Waals surface area contributed by atoms with Crippen LogP contribution in [0.3, 0.4) is 0 Å². The average molecular weight is 754 g/mol. The van der Waals surface area contributed by atoms with Gasteiger partial charge in [0, 0.05) is 51.2 Å². The van der Waals surface area contributed by atoms with Crippen LogP contribution < -0.4 is 4.74 Å². The lowest BCUT2D eigenvalue weighted by Crippen LogP contribution is -2.28. The van der Waals surface area contributed by atoms with E-state index in [-0.39, 0.29) is 28.2 Å². The molecule has 0 saturated heterocycles. The number of fused-ring (bicyclic) bond motifs is 5. The number of ether oxygens (including phenoxy) is 1. The normalized spacial score (nSPS) is 16.4. The summed E-state index contributed by atoms with van der Waals surface area (Å²) in [5.41, 5.74) is 12.0. The van der Waals surface area contributed by atoms with Gasteiger partial charge < -0.3 is 4.74 Å². The van der Waals surface area contributed by atoms with E-state index < -0.39 is 0 Å². The van der Waals surface area contributed by atoms with Crippen LogP contribution in [0.25, 0.3) is 27.6 Å². The Bertz CT molecular complexity index is 2640. The first-order valence-corrected chi connectivity index (χ1v) is 20.9. The van der Waals surface area contributed by atoms with Gasteiger partial charge in [0.1, 0.15) is 17.3 Å². The van der Waals surface area contributed by atoms with Crippen molar-refractivity contribution in [2.24, 2.45) is 4.99 Å². The van der Waals surface area contributed by atoms with Crippen LogP contribution >= 0.6 is 11.8 Å². The summed E-state index contributed by atoms with van der Waals surface area (Å²) in [6, 6.07) is 42.3. The second-order valence-corrected chi connectivity index (χ2v) is 19.4. The zero-order chi connectivity index (χ0) is 39.1. The molecule has 0 N–H and O–H groups in total. The Morgan fingerprint density at radius 3 is 2.05 bits per heavy atom. The second kappa shape index (κ2) is 13.2. The summed E-state index contributed by atoms with van der Waals surface area (Å²) in [7, 11) is 0. The van der Waals surface area contributed by atoms with Crippen LogP contribution in [0, 0.1) is 6.92 Å². The molecule has 2 aliphatic rings. The fourth-order valence-corrected chi connectivity index (χ4v) is 9.83. The van der Waals surface area contributed by atoms with Crippen molar-refractivity contribution in [3.63, 3.8) is 0 Å². The second-order valence-electron chi connectivity index (χ2n) is 18.3. The van der Waals surface area contributed by atoms with Crippen LogP contribution in [-0.4, -0.2) is 26.4 Å². The Labute approximate surface area is 336 Å². The predicted octanol–water partition coefficient (Wildman–Crippen LogP) is 13.2. The lowest BCUT2D eigenvalue weighted by Gasteiger charge is -2.35. The highest BCUT2D eigenvalue weighted by molar-refractivity contribution is 8.14. The highest BCUT2D eigenvalue weighted by Crippen LogP contribution is 2.49. The predicted molar refractivity (Wildman–Crippen MR) is 237 cm³/mol. The maximum atomic E-state index is 7.02. The molecule has 1 atom stereocenters. The number of pyridine rings is 1. The van der Waals surface area contributed by atoms with E-state index >= 15 is 0 Å². The quantitative estimate of drug-likeness (QED) is 0.170. The van der Waals surface area contributed by atoms with E-state index in [4.69, 9.17) is 14.7 Å². The fraction of sp³-hybridized carbons (Fsp3) is 0.294. The maximum absolute atomic E-state index is 7.02. The van der Waals surface area contributed by atoms with E-state index in [1.165, 1.54) is 49.7 Å². The number of hydrogen-bond donors (Lipinski definition) is 0. The van der Waals surface area contributed by atoms with Crippen molar-refractivity contribution in [1.82, 2.24) is 9.55 Å². The monoisotopic (exact) mass is 753 g/mol. The first kappa shape index (κ1) is 36.5. The third kappa shape index (κ3) is 6.16. The van der Waals surface area contributed by atoms with Gasteiger partial charge in [0.25, 0.3) is 0 Å². The van der Waals surface area contributed by atoms with Crippen LogP contribution in [0.4, 0.5) is 0 Å². The number of nitrogens with zero attached hydrogens (tertiary/aromatic N) is 3. The van der Waals surface area contributed by atoms with Gasteiger partial charge in [-0.1, -0.05) is 128 Å². The van der Waals surface area contributed by atoms with Crippen molar-refractivity contribution >= 4 is 38.6 Å². The summed E-state index contributed by atoms with van der Waals surface area (Å²) in [6.07, 6.45) is 1.92. The third-order valence-electron chi connectivity index (χ3n) is 12.0. The van der Waals surface area contributed by atoms with Crippen molar-refractivity contribution in [2.75, 3.05) is 5.75 Å². The minimum atomic E-state index is -0.201. The zero-order valence-electron chi connectivity index (χ0n) is 34.1. The first-order valence-electron chi connectivity index (χ1n) is 19.9. The summed E-state index contributed by atoms with van der Waals surface area (Å²) >= 11 is 1.86. The Morgan fingerprint density at radius 1 is 0.732 bits per heavy atom. The van der Waals surface area contributed by atoms with Crippen molar-refractivity contribution in [3.8, 4) is 17.3 Å². The summed E-state index contributed by atoms with van der Waals surface area (Å²) in [5, 5.41) is 3.57. The van der Waals surface area contributed by atoms with Crippen molar-refractivity contribution < 1.29 is 4.74 Å². The SMILES string of the molecule is Cc1cc2c3cc(C(C)(C)C)cc4c3n(c2cc1Oc1cc(C2=N[C@H](C(c3ccccc3)c3ccccc3)CS2)cc(C(C)(C)C)c1)-c1ncccc1C4(C)C. The molecule has 4 heterocycles. The zero-order valence-corrected chi connectivity index (χ0v) is 34.9. The molecular formula is C51H51N3OS. The summed E-state index contributed by atoms with van der Waals surface area (Å²) in [5.74, 6) is 3.78. The molecule has 0 amide bonds. The molecule has 0 bridgehead atoms. The Hall–Kier alpha value is -5.13. The number of benzene rings is 5. The van der Waals surface area contributed by atoms with Gasteiger partial charge in [-0.2, -0.15) is 0 Å². The molecule has 0 fully saturated rings. The molecule has 56 heavy (non-hydrogen) atoms. The molecule has 5 aromatic carbocycles. The minimum absolute atomic E-state index is 0.00417. The fourth-order valence-electron chi connectivity index (χ4n) is 8.74. The van der Waals surface area contributed by atoms with E-state index in [0.29, 0.717) is 0 Å². The molecule has 0 spiro atoms. The van der Waals surface area contributed by atoms with E-state index in [9.17, 15) is 0 Å². The maximum Gasteiger partial charge on any atom is 0.141 e. The minimum Gasteiger partial charge on any atom is -0.457 e. The Morgan fingerprint density at radius 2 is 1.39 bits per heavy atom. The largest absolute Gasteiger partial charge is 0.457 e. The first-order chi connectivity index (χ1) is 26.7. The van der Waals surface area contributed by atoms with Gasteiger partial charge in [-0.15, -0.1) is 11.8 Å². The highest BCUT2D eigenvalue weighted by atomic mass is 32.2. The summed E-state index contributed by atoms with van der Waals surface area (Å²) < 4.78 is 9.40. The number of hydrogen-bond acceptors (Lipinski definition) is 4. The Balaban J connectivity index is 1.17. The van der Waals surface area contributed by atoms with E-state index in [1.54, 1.807) is 0 Å². The molecule has 0 radical (unpaired) electrons. The van der Waals surface area contributed by atoms with E-state index in [0.717, 1.165) is 44.8 Å². The topological polar surface area (TPSA) is 39.4 Å². The molecule has 4 nitrogen and oxygen atoms in total. The number of rotatable bonds is 6. The van der Waals surface area contributed by atoms with Crippen LogP contribution in [0.5, 0.6) is 11.5 Å². The van der Waals surface area contributed by atoms with E-state index in [2.05, 4.69) is 182 Å². The molecule has 0 unspecified atom stereocenters. The summed E-state index contributed by atoms with van der Waals surface area (Å²) in [4.78, 5) is 10.5. The van der Waals surface area contributed by atoms with Crippen molar-refractivity contribution in [3.05, 3.63) is 166 Å². The molecule has 9 rings (SSSR count).